The molecule has 1 heterocycles. The maximum atomic E-state index is 15.6. The number of benzene rings is 1. The molecule has 1 aliphatic rings. The van der Waals surface area contributed by atoms with E-state index < -0.39 is 23.5 Å². The summed E-state index contributed by atoms with van der Waals surface area (Å²) in [5, 5.41) is 25.9. The summed E-state index contributed by atoms with van der Waals surface area (Å²) in [5.74, 6) is -4.31. The van der Waals surface area contributed by atoms with Crippen LogP contribution >= 0.6 is 0 Å². The first-order valence-corrected chi connectivity index (χ1v) is 6.83. The molecule has 0 amide bonds. The fourth-order valence-electron chi connectivity index (χ4n) is 2.95. The molecule has 7 heteroatoms. The summed E-state index contributed by atoms with van der Waals surface area (Å²) in [7, 11) is 0. The number of aromatic amines is 1. The van der Waals surface area contributed by atoms with Gasteiger partial charge in [0.15, 0.2) is 5.67 Å². The molecule has 3 rings (SSSR count). The summed E-state index contributed by atoms with van der Waals surface area (Å²) in [6, 6.07) is 4.60. The Morgan fingerprint density at radius 1 is 1.35 bits per heavy atom. The number of nitrogens with one attached hydrogen (secondary N) is 1. The zero-order valence-corrected chi connectivity index (χ0v) is 12.1. The second kappa shape index (κ2) is 5.05. The molecule has 2 aromatic rings. The molecule has 1 aromatic carbocycles. The first-order chi connectivity index (χ1) is 10.8. The highest BCUT2D eigenvalue weighted by Crippen LogP contribution is 2.44. The number of H-pyrrole nitrogens is 1. The number of halogens is 1. The van der Waals surface area contributed by atoms with Crippen molar-refractivity contribution in [2.75, 3.05) is 0 Å². The van der Waals surface area contributed by atoms with Crippen LogP contribution in [0.2, 0.25) is 0 Å². The fraction of sp³-hybridized carbons (Fsp3) is 0.188. The van der Waals surface area contributed by atoms with Crippen molar-refractivity contribution in [2.45, 2.75) is 12.6 Å². The monoisotopic (exact) mass is 316 g/mol. The minimum Gasteiger partial charge on any atom is -0.481 e. The zero-order valence-electron chi connectivity index (χ0n) is 12.1. The van der Waals surface area contributed by atoms with Gasteiger partial charge in [-0.25, -0.2) is 9.18 Å². The molecular formula is C16H13FN2O4. The van der Waals surface area contributed by atoms with Crippen LogP contribution in [-0.4, -0.2) is 32.3 Å². The van der Waals surface area contributed by atoms with Crippen LogP contribution in [0, 0.1) is 5.92 Å². The summed E-state index contributed by atoms with van der Waals surface area (Å²) >= 11 is 0. The normalized spacial score (nSPS) is 24.2. The molecule has 0 fully saturated rings. The van der Waals surface area contributed by atoms with Gasteiger partial charge in [0.05, 0.1) is 17.3 Å². The van der Waals surface area contributed by atoms with E-state index in [0.717, 1.165) is 17.5 Å². The number of fused-ring (bicyclic) bond motifs is 1. The van der Waals surface area contributed by atoms with E-state index in [9.17, 15) is 14.7 Å². The lowest BCUT2D eigenvalue weighted by molar-refractivity contribution is -0.144. The van der Waals surface area contributed by atoms with Crippen LogP contribution in [0.25, 0.3) is 10.9 Å². The number of aliphatic carboxylic acids is 2. The Morgan fingerprint density at radius 2 is 2.09 bits per heavy atom. The van der Waals surface area contributed by atoms with Crippen LogP contribution < -0.4 is 0 Å². The van der Waals surface area contributed by atoms with Gasteiger partial charge in [0.25, 0.3) is 0 Å². The topological polar surface area (TPSA) is 103 Å². The van der Waals surface area contributed by atoms with Crippen molar-refractivity contribution in [1.82, 2.24) is 10.2 Å². The van der Waals surface area contributed by atoms with Crippen molar-refractivity contribution in [2.24, 2.45) is 5.92 Å². The Labute approximate surface area is 129 Å². The van der Waals surface area contributed by atoms with Gasteiger partial charge in [-0.2, -0.15) is 5.10 Å². The van der Waals surface area contributed by atoms with Gasteiger partial charge in [-0.1, -0.05) is 12.1 Å². The number of carboxylic acid groups (broad SMARTS) is 2. The first kappa shape index (κ1) is 15.0. The third-order valence-corrected chi connectivity index (χ3v) is 4.13. The molecule has 1 aliphatic carbocycles. The summed E-state index contributed by atoms with van der Waals surface area (Å²) in [5.41, 5.74) is -1.87. The summed E-state index contributed by atoms with van der Waals surface area (Å²) in [6.45, 7) is 1.33. The number of allylic oxidation sites excluding steroid dienone is 1. The average Bonchev–Trinajstić information content (AvgIpc) is 2.93. The smallest absolute Gasteiger partial charge is 0.335 e. The number of hydrogen-bond acceptors (Lipinski definition) is 3. The Balaban J connectivity index is 2.18. The highest BCUT2D eigenvalue weighted by Gasteiger charge is 2.47. The number of aromatic nitrogens is 2. The molecule has 3 N–H and O–H groups in total. The lowest BCUT2D eigenvalue weighted by Gasteiger charge is -2.33. The molecule has 23 heavy (non-hydrogen) atoms. The molecule has 2 atom stereocenters. The van der Waals surface area contributed by atoms with Crippen molar-refractivity contribution >= 4 is 22.8 Å². The Bertz CT molecular complexity index is 883. The van der Waals surface area contributed by atoms with Gasteiger partial charge in [-0.05, 0) is 36.3 Å². The number of nitrogens with zero attached hydrogens (tertiary/aromatic N) is 1. The van der Waals surface area contributed by atoms with E-state index >= 15 is 4.39 Å². The highest BCUT2D eigenvalue weighted by atomic mass is 19.1. The molecule has 0 aliphatic heterocycles. The van der Waals surface area contributed by atoms with Gasteiger partial charge in [-0.15, -0.1) is 0 Å². The van der Waals surface area contributed by atoms with E-state index in [-0.39, 0.29) is 16.7 Å². The lowest BCUT2D eigenvalue weighted by atomic mass is 9.74. The standard InChI is InChI=1S/C16H13FN2O4/c1-8-11(14(20)21)4-5-16(17,13(8)15(22)23)10-3-2-9-7-18-19-12(9)6-10/h2-7,13H,1H3,(H,18,19)(H,20,21)(H,22,23). The molecule has 6 nitrogen and oxygen atoms in total. The quantitative estimate of drug-likeness (QED) is 0.806. The van der Waals surface area contributed by atoms with Crippen LogP contribution in [0.4, 0.5) is 4.39 Å². The van der Waals surface area contributed by atoms with Crippen molar-refractivity contribution in [3.63, 3.8) is 0 Å². The Hall–Kier alpha value is -2.96. The maximum absolute atomic E-state index is 15.6. The van der Waals surface area contributed by atoms with Gasteiger partial charge in [0.1, 0.15) is 5.92 Å². The van der Waals surface area contributed by atoms with Crippen molar-refractivity contribution in [3.8, 4) is 0 Å². The molecule has 0 saturated heterocycles. The largest absolute Gasteiger partial charge is 0.481 e. The van der Waals surface area contributed by atoms with Gasteiger partial charge in [0, 0.05) is 5.39 Å². The average molecular weight is 316 g/mol. The molecular weight excluding hydrogens is 303 g/mol. The van der Waals surface area contributed by atoms with Crippen LogP contribution in [0.1, 0.15) is 12.5 Å². The van der Waals surface area contributed by atoms with Crippen molar-refractivity contribution < 1.29 is 24.2 Å². The van der Waals surface area contributed by atoms with E-state index in [1.54, 1.807) is 12.3 Å². The highest BCUT2D eigenvalue weighted by molar-refractivity contribution is 5.94. The summed E-state index contributed by atoms with van der Waals surface area (Å²) < 4.78 is 15.6. The first-order valence-electron chi connectivity index (χ1n) is 6.83. The van der Waals surface area contributed by atoms with Gasteiger partial charge < -0.3 is 10.2 Å². The molecule has 118 valence electrons. The van der Waals surface area contributed by atoms with E-state index in [1.807, 2.05) is 0 Å². The predicted octanol–water partition coefficient (Wildman–Crippen LogP) is 2.40. The SMILES string of the molecule is CC1=C(C(=O)O)C=CC(F)(c2ccc3cn[nH]c3c2)C1C(=O)O. The lowest BCUT2D eigenvalue weighted by Crippen LogP contribution is -2.38. The molecule has 0 saturated carbocycles. The van der Waals surface area contributed by atoms with Crippen LogP contribution in [-0.2, 0) is 15.3 Å². The minimum absolute atomic E-state index is 0.0280. The van der Waals surface area contributed by atoms with Gasteiger partial charge in [-0.3, -0.25) is 9.89 Å². The van der Waals surface area contributed by atoms with Gasteiger partial charge >= 0.3 is 11.9 Å². The predicted molar refractivity (Wildman–Crippen MR) is 79.5 cm³/mol. The van der Waals surface area contributed by atoms with Crippen molar-refractivity contribution in [1.29, 1.82) is 0 Å². The zero-order chi connectivity index (χ0) is 16.8. The fourth-order valence-corrected chi connectivity index (χ4v) is 2.95. The second-order valence-corrected chi connectivity index (χ2v) is 5.45. The summed E-state index contributed by atoms with van der Waals surface area (Å²) in [6.07, 6.45) is 3.69. The third-order valence-electron chi connectivity index (χ3n) is 4.13. The van der Waals surface area contributed by atoms with Crippen LogP contribution in [0.5, 0.6) is 0 Å². The maximum Gasteiger partial charge on any atom is 0.335 e. The molecule has 0 spiro atoms. The minimum atomic E-state index is -2.34. The molecule has 0 bridgehead atoms. The van der Waals surface area contributed by atoms with E-state index in [4.69, 9.17) is 5.11 Å². The van der Waals surface area contributed by atoms with Gasteiger partial charge in [0.2, 0.25) is 0 Å². The number of carboxylic acids is 2. The Kier molecular flexibility index (Phi) is 3.28. The molecule has 2 unspecified atom stereocenters. The number of alkyl halides is 1. The Morgan fingerprint density at radius 3 is 2.74 bits per heavy atom. The molecule has 0 radical (unpaired) electrons. The van der Waals surface area contributed by atoms with E-state index in [0.29, 0.717) is 5.52 Å². The van der Waals surface area contributed by atoms with Crippen LogP contribution in [0.15, 0.2) is 47.7 Å². The third kappa shape index (κ3) is 2.21. The van der Waals surface area contributed by atoms with Crippen LogP contribution in [0.3, 0.4) is 0 Å². The number of hydrogen-bond donors (Lipinski definition) is 3. The number of carbonyl (C=O) groups is 2. The van der Waals surface area contributed by atoms with E-state index in [1.165, 1.54) is 19.1 Å². The summed E-state index contributed by atoms with van der Waals surface area (Å²) in [4.78, 5) is 22.8. The number of rotatable bonds is 3. The molecule has 1 aromatic heterocycles. The van der Waals surface area contributed by atoms with E-state index in [2.05, 4.69) is 10.2 Å². The van der Waals surface area contributed by atoms with Crippen molar-refractivity contribution in [3.05, 3.63) is 53.3 Å². The second-order valence-electron chi connectivity index (χ2n) is 5.45.